The van der Waals surface area contributed by atoms with E-state index in [1.165, 1.54) is 6.20 Å². The summed E-state index contributed by atoms with van der Waals surface area (Å²) in [6.45, 7) is 3.35. The van der Waals surface area contributed by atoms with Crippen molar-refractivity contribution in [1.29, 1.82) is 0 Å². The van der Waals surface area contributed by atoms with Crippen LogP contribution in [0, 0.1) is 0 Å². The molecule has 0 radical (unpaired) electrons. The molecule has 0 aliphatic heterocycles. The van der Waals surface area contributed by atoms with Gasteiger partial charge in [-0.1, -0.05) is 18.8 Å². The van der Waals surface area contributed by atoms with Crippen LogP contribution >= 0.6 is 24.8 Å². The summed E-state index contributed by atoms with van der Waals surface area (Å²) in [5, 5.41) is 2.57. The highest BCUT2D eigenvalue weighted by Crippen LogP contribution is 1.73. The first kappa shape index (κ1) is 5.98. The molecular weight excluding hydrogens is 114 g/mol. The van der Waals surface area contributed by atoms with Crippen LogP contribution in [0.15, 0.2) is 12.8 Å². The third-order valence-corrected chi connectivity index (χ3v) is 0.472. The lowest BCUT2D eigenvalue weighted by Gasteiger charge is -1.86. The molecule has 0 rings (SSSR count). The van der Waals surface area contributed by atoms with E-state index < -0.39 is 0 Å². The summed E-state index contributed by atoms with van der Waals surface area (Å²) in [7, 11) is 0. The number of thiol groups is 1. The molecule has 0 spiro atoms. The summed E-state index contributed by atoms with van der Waals surface area (Å²) in [6.07, 6.45) is 1.48. The third-order valence-electron chi connectivity index (χ3n) is 0.226. The van der Waals surface area contributed by atoms with Crippen LogP contribution in [-0.2, 0) is 0 Å². The topological polar surface area (TPSA) is 12.0 Å². The van der Waals surface area contributed by atoms with Gasteiger partial charge >= 0.3 is 0 Å². The maximum absolute atomic E-state index is 4.48. The summed E-state index contributed by atoms with van der Waals surface area (Å²) in [5.74, 6) is 0. The van der Waals surface area contributed by atoms with Gasteiger partial charge in [0.1, 0.15) is 4.32 Å². The summed E-state index contributed by atoms with van der Waals surface area (Å²) < 4.78 is 0.449. The van der Waals surface area contributed by atoms with Gasteiger partial charge in [0.25, 0.3) is 0 Å². The second kappa shape index (κ2) is 3.18. The molecule has 0 aliphatic rings. The largest absolute Gasteiger partial charge is 0.348 e. The summed E-state index contributed by atoms with van der Waals surface area (Å²) in [6, 6.07) is 0. The Bertz CT molecular complexity index is 69.2. The normalized spacial score (nSPS) is 6.83. The zero-order chi connectivity index (χ0) is 4.99. The van der Waals surface area contributed by atoms with Gasteiger partial charge in [-0.25, -0.2) is 0 Å². The first-order chi connectivity index (χ1) is 2.77. The van der Waals surface area contributed by atoms with Gasteiger partial charge in [-0.15, -0.1) is 12.6 Å². The van der Waals surface area contributed by atoms with Crippen LogP contribution in [0.4, 0.5) is 0 Å². The molecular formula is C3H5NS2. The Balaban J connectivity index is 3.05. The number of hydrogen-bond donors (Lipinski definition) is 2. The molecule has 1 N–H and O–H groups in total. The Hall–Kier alpha value is -0.0200. The van der Waals surface area contributed by atoms with E-state index in [2.05, 4.69) is 36.7 Å². The highest BCUT2D eigenvalue weighted by Gasteiger charge is 1.71. The molecule has 34 valence electrons. The second-order valence-corrected chi connectivity index (χ2v) is 1.81. The molecule has 0 bridgehead atoms. The monoisotopic (exact) mass is 119 g/mol. The maximum Gasteiger partial charge on any atom is 0.134 e. The molecule has 0 aromatic heterocycles. The lowest BCUT2D eigenvalue weighted by molar-refractivity contribution is 1.36. The van der Waals surface area contributed by atoms with Crippen molar-refractivity contribution in [2.45, 2.75) is 0 Å². The molecule has 0 aromatic carbocycles. The van der Waals surface area contributed by atoms with Crippen molar-refractivity contribution in [1.82, 2.24) is 5.32 Å². The molecule has 0 unspecified atom stereocenters. The standard InChI is InChI=1S/C3H5NS2/c1-2-4-3(5)6/h2H,1H2,(H2,4,5,6). The van der Waals surface area contributed by atoms with Gasteiger partial charge in [0.15, 0.2) is 0 Å². The first-order valence-electron chi connectivity index (χ1n) is 1.37. The van der Waals surface area contributed by atoms with Gasteiger partial charge in [0, 0.05) is 0 Å². The van der Waals surface area contributed by atoms with Crippen LogP contribution in [0.1, 0.15) is 0 Å². The molecule has 0 saturated heterocycles. The Morgan fingerprint density at radius 3 is 2.50 bits per heavy atom. The predicted octanol–water partition coefficient (Wildman–Crippen LogP) is 0.934. The number of rotatable bonds is 1. The predicted molar refractivity (Wildman–Crippen MR) is 34.9 cm³/mol. The van der Waals surface area contributed by atoms with Crippen molar-refractivity contribution >= 4 is 29.2 Å². The summed E-state index contributed by atoms with van der Waals surface area (Å²) in [5.41, 5.74) is 0. The SMILES string of the molecule is C=CNC(=S)S. The number of nitrogens with one attached hydrogen (secondary N) is 1. The van der Waals surface area contributed by atoms with Gasteiger partial charge in [-0.05, 0) is 6.20 Å². The van der Waals surface area contributed by atoms with Gasteiger partial charge in [0.05, 0.1) is 0 Å². The summed E-state index contributed by atoms with van der Waals surface area (Å²) in [4.78, 5) is 0. The lowest BCUT2D eigenvalue weighted by Crippen LogP contribution is -2.04. The zero-order valence-electron chi connectivity index (χ0n) is 3.14. The first-order valence-corrected chi connectivity index (χ1v) is 2.23. The fourth-order valence-corrected chi connectivity index (χ4v) is 0.262. The third kappa shape index (κ3) is 3.98. The Morgan fingerprint density at radius 1 is 2.00 bits per heavy atom. The van der Waals surface area contributed by atoms with Crippen LogP contribution in [-0.4, -0.2) is 4.32 Å². The molecule has 0 atom stereocenters. The van der Waals surface area contributed by atoms with Crippen LogP contribution < -0.4 is 5.32 Å². The zero-order valence-corrected chi connectivity index (χ0v) is 4.85. The van der Waals surface area contributed by atoms with E-state index in [1.54, 1.807) is 0 Å². The highest BCUT2D eigenvalue weighted by molar-refractivity contribution is 8.11. The summed E-state index contributed by atoms with van der Waals surface area (Å²) >= 11 is 8.20. The molecule has 0 heterocycles. The molecule has 0 saturated carbocycles. The minimum absolute atomic E-state index is 0.449. The Kier molecular flexibility index (Phi) is 3.17. The van der Waals surface area contributed by atoms with Crippen LogP contribution in [0.25, 0.3) is 0 Å². The van der Waals surface area contributed by atoms with Crippen molar-refractivity contribution < 1.29 is 0 Å². The van der Waals surface area contributed by atoms with Gasteiger partial charge in [-0.2, -0.15) is 0 Å². The highest BCUT2D eigenvalue weighted by atomic mass is 32.1. The average molecular weight is 119 g/mol. The Morgan fingerprint density at radius 2 is 2.50 bits per heavy atom. The smallest absolute Gasteiger partial charge is 0.134 e. The van der Waals surface area contributed by atoms with Crippen molar-refractivity contribution in [2.24, 2.45) is 0 Å². The quantitative estimate of drug-likeness (QED) is 0.393. The molecule has 6 heavy (non-hydrogen) atoms. The maximum atomic E-state index is 4.48. The molecule has 0 amide bonds. The van der Waals surface area contributed by atoms with Crippen LogP contribution in [0.5, 0.6) is 0 Å². The minimum atomic E-state index is 0.449. The van der Waals surface area contributed by atoms with E-state index in [1.807, 2.05) is 0 Å². The molecule has 3 heteroatoms. The van der Waals surface area contributed by atoms with E-state index in [-0.39, 0.29) is 0 Å². The van der Waals surface area contributed by atoms with Crippen LogP contribution in [0.3, 0.4) is 0 Å². The van der Waals surface area contributed by atoms with Crippen molar-refractivity contribution in [3.8, 4) is 0 Å². The van der Waals surface area contributed by atoms with E-state index in [0.29, 0.717) is 4.32 Å². The molecule has 0 aromatic rings. The Labute approximate surface area is 47.8 Å². The minimum Gasteiger partial charge on any atom is -0.348 e. The lowest BCUT2D eigenvalue weighted by atomic mass is 11.0. The molecule has 0 fully saturated rings. The van der Waals surface area contributed by atoms with E-state index in [4.69, 9.17) is 0 Å². The van der Waals surface area contributed by atoms with Crippen molar-refractivity contribution in [3.05, 3.63) is 12.8 Å². The van der Waals surface area contributed by atoms with E-state index >= 15 is 0 Å². The fraction of sp³-hybridized carbons (Fsp3) is 0. The van der Waals surface area contributed by atoms with Gasteiger partial charge in [-0.3, -0.25) is 0 Å². The average Bonchev–Trinajstić information content (AvgIpc) is 1.35. The van der Waals surface area contributed by atoms with Crippen molar-refractivity contribution in [3.63, 3.8) is 0 Å². The van der Waals surface area contributed by atoms with E-state index in [0.717, 1.165) is 0 Å². The van der Waals surface area contributed by atoms with Crippen molar-refractivity contribution in [2.75, 3.05) is 0 Å². The van der Waals surface area contributed by atoms with Gasteiger partial charge < -0.3 is 5.32 Å². The van der Waals surface area contributed by atoms with E-state index in [9.17, 15) is 0 Å². The second-order valence-electron chi connectivity index (χ2n) is 0.654. The number of hydrogen-bond acceptors (Lipinski definition) is 1. The van der Waals surface area contributed by atoms with Crippen LogP contribution in [0.2, 0.25) is 0 Å². The number of thiocarbonyl (C=S) groups is 1. The van der Waals surface area contributed by atoms with Gasteiger partial charge in [0.2, 0.25) is 0 Å². The molecule has 1 nitrogen and oxygen atoms in total. The molecule has 0 aliphatic carbocycles. The fourth-order valence-electron chi connectivity index (χ4n) is 0.0873.